The lowest BCUT2D eigenvalue weighted by Crippen LogP contribution is -2.39. The van der Waals surface area contributed by atoms with Crippen molar-refractivity contribution < 1.29 is 0 Å². The molecule has 1 aromatic rings. The molecule has 0 spiro atoms. The van der Waals surface area contributed by atoms with E-state index in [-0.39, 0.29) is 0 Å². The molecular weight excluding hydrogens is 314 g/mol. The molecule has 112 valence electrons. The average molecular weight is 340 g/mol. The van der Waals surface area contributed by atoms with Crippen molar-refractivity contribution >= 4 is 15.9 Å². The fraction of sp³-hybridized carbons (Fsp3) is 0.625. The van der Waals surface area contributed by atoms with Crippen molar-refractivity contribution in [2.24, 2.45) is 5.73 Å². The minimum atomic E-state index is 0.341. The SMILES string of the molecule is CCN(CC)C1CCN(C(CN)c2cccc(Br)c2)C1. The molecule has 20 heavy (non-hydrogen) atoms. The molecular formula is C16H26BrN3. The monoisotopic (exact) mass is 339 g/mol. The molecule has 2 N–H and O–H groups in total. The van der Waals surface area contributed by atoms with E-state index in [0.29, 0.717) is 18.6 Å². The highest BCUT2D eigenvalue weighted by Gasteiger charge is 2.30. The average Bonchev–Trinajstić information content (AvgIpc) is 2.91. The van der Waals surface area contributed by atoms with Crippen LogP contribution in [0.25, 0.3) is 0 Å². The summed E-state index contributed by atoms with van der Waals surface area (Å²) in [5.41, 5.74) is 7.37. The second-order valence-corrected chi connectivity index (χ2v) is 6.38. The zero-order valence-corrected chi connectivity index (χ0v) is 14.1. The van der Waals surface area contributed by atoms with Crippen molar-refractivity contribution in [2.45, 2.75) is 32.4 Å². The highest BCUT2D eigenvalue weighted by atomic mass is 79.9. The molecule has 3 nitrogen and oxygen atoms in total. The molecule has 0 amide bonds. The first kappa shape index (κ1) is 16.0. The minimum absolute atomic E-state index is 0.341. The molecule has 0 saturated carbocycles. The summed E-state index contributed by atoms with van der Waals surface area (Å²) in [5, 5.41) is 0. The van der Waals surface area contributed by atoms with Gasteiger partial charge < -0.3 is 5.73 Å². The molecule has 0 aromatic heterocycles. The Hall–Kier alpha value is -0.420. The number of likely N-dealkylation sites (tertiary alicyclic amines) is 1. The maximum atomic E-state index is 6.05. The van der Waals surface area contributed by atoms with Crippen LogP contribution in [0.15, 0.2) is 28.7 Å². The summed E-state index contributed by atoms with van der Waals surface area (Å²) in [4.78, 5) is 5.11. The van der Waals surface area contributed by atoms with Crippen molar-refractivity contribution in [2.75, 3.05) is 32.7 Å². The first-order chi connectivity index (χ1) is 9.69. The van der Waals surface area contributed by atoms with Crippen molar-refractivity contribution in [3.05, 3.63) is 34.3 Å². The van der Waals surface area contributed by atoms with Gasteiger partial charge in [-0.05, 0) is 37.2 Å². The zero-order valence-electron chi connectivity index (χ0n) is 12.6. The first-order valence-electron chi connectivity index (χ1n) is 7.63. The lowest BCUT2D eigenvalue weighted by atomic mass is 10.1. The first-order valence-corrected chi connectivity index (χ1v) is 8.42. The normalized spacial score (nSPS) is 21.6. The number of halogens is 1. The van der Waals surface area contributed by atoms with E-state index in [1.54, 1.807) is 0 Å². The highest BCUT2D eigenvalue weighted by Crippen LogP contribution is 2.27. The van der Waals surface area contributed by atoms with E-state index in [2.05, 4.69) is 63.8 Å². The lowest BCUT2D eigenvalue weighted by Gasteiger charge is -2.30. The summed E-state index contributed by atoms with van der Waals surface area (Å²) in [5.74, 6) is 0. The van der Waals surface area contributed by atoms with E-state index < -0.39 is 0 Å². The van der Waals surface area contributed by atoms with Gasteiger partial charge in [-0.25, -0.2) is 0 Å². The van der Waals surface area contributed by atoms with Crippen LogP contribution in [0.5, 0.6) is 0 Å². The summed E-state index contributed by atoms with van der Waals surface area (Å²) < 4.78 is 1.13. The van der Waals surface area contributed by atoms with Gasteiger partial charge in [0.2, 0.25) is 0 Å². The lowest BCUT2D eigenvalue weighted by molar-refractivity contribution is 0.189. The van der Waals surface area contributed by atoms with Gasteiger partial charge in [-0.2, -0.15) is 0 Å². The van der Waals surface area contributed by atoms with E-state index in [0.717, 1.165) is 30.7 Å². The molecule has 1 aliphatic rings. The van der Waals surface area contributed by atoms with Gasteiger partial charge in [0, 0.05) is 36.2 Å². The van der Waals surface area contributed by atoms with Crippen LogP contribution < -0.4 is 5.73 Å². The second-order valence-electron chi connectivity index (χ2n) is 5.47. The van der Waals surface area contributed by atoms with E-state index in [4.69, 9.17) is 5.73 Å². The molecule has 0 bridgehead atoms. The summed E-state index contributed by atoms with van der Waals surface area (Å²) >= 11 is 3.56. The van der Waals surface area contributed by atoms with Gasteiger partial charge in [0.15, 0.2) is 0 Å². The third-order valence-corrected chi connectivity index (χ3v) is 4.91. The van der Waals surface area contributed by atoms with Crippen molar-refractivity contribution in [3.8, 4) is 0 Å². The Balaban J connectivity index is 2.06. The summed E-state index contributed by atoms with van der Waals surface area (Å²) in [6.07, 6.45) is 1.26. The Kier molecular flexibility index (Phi) is 6.02. The van der Waals surface area contributed by atoms with Crippen molar-refractivity contribution in [1.29, 1.82) is 0 Å². The van der Waals surface area contributed by atoms with Gasteiger partial charge >= 0.3 is 0 Å². The van der Waals surface area contributed by atoms with Crippen LogP contribution in [0.3, 0.4) is 0 Å². The number of likely N-dealkylation sites (N-methyl/N-ethyl adjacent to an activating group) is 1. The molecule has 1 saturated heterocycles. The number of benzene rings is 1. The van der Waals surface area contributed by atoms with Gasteiger partial charge in [0.1, 0.15) is 0 Å². The maximum absolute atomic E-state index is 6.05. The van der Waals surface area contributed by atoms with Crippen LogP contribution in [0.1, 0.15) is 31.9 Å². The minimum Gasteiger partial charge on any atom is -0.329 e. The van der Waals surface area contributed by atoms with Gasteiger partial charge in [-0.3, -0.25) is 9.80 Å². The fourth-order valence-electron chi connectivity index (χ4n) is 3.30. The Morgan fingerprint density at radius 2 is 2.15 bits per heavy atom. The predicted molar refractivity (Wildman–Crippen MR) is 88.8 cm³/mol. The Labute approximate surface area is 131 Å². The quantitative estimate of drug-likeness (QED) is 0.864. The Morgan fingerprint density at radius 1 is 1.40 bits per heavy atom. The molecule has 0 aliphatic carbocycles. The molecule has 1 heterocycles. The standard InChI is InChI=1S/C16H26BrN3/c1-3-19(4-2)15-8-9-20(12-15)16(11-18)13-6-5-7-14(17)10-13/h5-7,10,15-16H,3-4,8-9,11-12,18H2,1-2H3. The summed E-state index contributed by atoms with van der Waals surface area (Å²) in [6, 6.07) is 9.58. The molecule has 2 unspecified atom stereocenters. The predicted octanol–water partition coefficient (Wildman–Crippen LogP) is 2.87. The van der Waals surface area contributed by atoms with Crippen LogP contribution >= 0.6 is 15.9 Å². The number of nitrogens with two attached hydrogens (primary N) is 1. The molecule has 1 aromatic carbocycles. The zero-order chi connectivity index (χ0) is 14.5. The van der Waals surface area contributed by atoms with Crippen LogP contribution in [0.2, 0.25) is 0 Å². The number of hydrogen-bond acceptors (Lipinski definition) is 3. The smallest absolute Gasteiger partial charge is 0.0471 e. The fourth-order valence-corrected chi connectivity index (χ4v) is 3.72. The number of nitrogens with zero attached hydrogens (tertiary/aromatic N) is 2. The molecule has 2 atom stereocenters. The van der Waals surface area contributed by atoms with E-state index in [1.807, 2.05) is 0 Å². The highest BCUT2D eigenvalue weighted by molar-refractivity contribution is 9.10. The number of rotatable bonds is 6. The van der Waals surface area contributed by atoms with Gasteiger partial charge in [0.05, 0.1) is 0 Å². The van der Waals surface area contributed by atoms with Crippen LogP contribution in [0.4, 0.5) is 0 Å². The van der Waals surface area contributed by atoms with Gasteiger partial charge in [0.25, 0.3) is 0 Å². The van der Waals surface area contributed by atoms with E-state index in [9.17, 15) is 0 Å². The molecule has 4 heteroatoms. The Morgan fingerprint density at radius 3 is 2.75 bits per heavy atom. The van der Waals surface area contributed by atoms with Crippen LogP contribution in [-0.2, 0) is 0 Å². The van der Waals surface area contributed by atoms with Crippen LogP contribution in [0, 0.1) is 0 Å². The number of hydrogen-bond donors (Lipinski definition) is 1. The Bertz CT molecular complexity index is 420. The molecule has 0 radical (unpaired) electrons. The van der Waals surface area contributed by atoms with E-state index in [1.165, 1.54) is 12.0 Å². The third kappa shape index (κ3) is 3.61. The van der Waals surface area contributed by atoms with Crippen molar-refractivity contribution in [1.82, 2.24) is 9.80 Å². The molecule has 1 fully saturated rings. The van der Waals surface area contributed by atoms with E-state index >= 15 is 0 Å². The topological polar surface area (TPSA) is 32.5 Å². The second kappa shape index (κ2) is 7.55. The summed E-state index contributed by atoms with van der Waals surface area (Å²) in [6.45, 7) is 9.74. The van der Waals surface area contributed by atoms with Gasteiger partial charge in [-0.1, -0.05) is 41.9 Å². The van der Waals surface area contributed by atoms with Crippen LogP contribution in [-0.4, -0.2) is 48.6 Å². The largest absolute Gasteiger partial charge is 0.329 e. The third-order valence-electron chi connectivity index (χ3n) is 4.42. The van der Waals surface area contributed by atoms with Gasteiger partial charge in [-0.15, -0.1) is 0 Å². The van der Waals surface area contributed by atoms with Crippen molar-refractivity contribution in [3.63, 3.8) is 0 Å². The maximum Gasteiger partial charge on any atom is 0.0471 e. The molecule has 2 rings (SSSR count). The molecule has 1 aliphatic heterocycles. The summed E-state index contributed by atoms with van der Waals surface area (Å²) in [7, 11) is 0.